The van der Waals surface area contributed by atoms with E-state index in [1.165, 1.54) is 22.7 Å². The fourth-order valence-corrected chi connectivity index (χ4v) is 3.72. The van der Waals surface area contributed by atoms with Crippen LogP contribution in [-0.2, 0) is 16.0 Å². The van der Waals surface area contributed by atoms with Crippen molar-refractivity contribution in [3.05, 3.63) is 28.8 Å². The van der Waals surface area contributed by atoms with E-state index in [0.29, 0.717) is 21.3 Å². The number of benzene rings is 1. The monoisotopic (exact) mass is 345 g/mol. The van der Waals surface area contributed by atoms with Crippen LogP contribution in [0.2, 0.25) is 5.02 Å². The quantitative estimate of drug-likeness (QED) is 0.797. The molecule has 1 fully saturated rings. The highest BCUT2D eigenvalue weighted by molar-refractivity contribution is 8.24. The molecule has 0 spiro atoms. The van der Waals surface area contributed by atoms with Crippen LogP contribution in [0.1, 0.15) is 12.0 Å². The summed E-state index contributed by atoms with van der Waals surface area (Å²) >= 11 is 12.2. The second kappa shape index (κ2) is 6.64. The van der Waals surface area contributed by atoms with Gasteiger partial charge in [-0.2, -0.15) is 0 Å². The van der Waals surface area contributed by atoms with Gasteiger partial charge in [0.15, 0.2) is 0 Å². The van der Waals surface area contributed by atoms with Gasteiger partial charge in [0.05, 0.1) is 11.7 Å². The molecule has 1 aliphatic rings. The Morgan fingerprint density at radius 3 is 2.86 bits per heavy atom. The minimum Gasteiger partial charge on any atom is -0.508 e. The average molecular weight is 346 g/mol. The van der Waals surface area contributed by atoms with Crippen molar-refractivity contribution < 1.29 is 19.8 Å². The summed E-state index contributed by atoms with van der Waals surface area (Å²) in [5.41, 5.74) is 0.566. The van der Waals surface area contributed by atoms with E-state index in [2.05, 4.69) is 0 Å². The molecular weight excluding hydrogens is 334 g/mol. The minimum absolute atomic E-state index is 0.0675. The molecule has 2 N–H and O–H groups in total. The zero-order valence-electron chi connectivity index (χ0n) is 10.8. The number of rotatable bonds is 5. The van der Waals surface area contributed by atoms with Gasteiger partial charge in [-0.3, -0.25) is 14.5 Å². The Kier molecular flexibility index (Phi) is 5.08. The third-order valence-electron chi connectivity index (χ3n) is 3.00. The number of thiocarbonyl (C=S) groups is 1. The molecule has 0 radical (unpaired) electrons. The van der Waals surface area contributed by atoms with Gasteiger partial charge < -0.3 is 10.2 Å². The van der Waals surface area contributed by atoms with Gasteiger partial charge in [0.2, 0.25) is 5.91 Å². The third kappa shape index (κ3) is 3.87. The van der Waals surface area contributed by atoms with Crippen LogP contribution in [-0.4, -0.2) is 43.1 Å². The SMILES string of the molecule is O=C(O)CCN1C(=O)C(Cc2cc(Cl)ccc2O)SC1=S. The number of carbonyl (C=O) groups is 2. The Bertz CT molecular complexity index is 608. The molecule has 0 aliphatic carbocycles. The number of phenolic OH excluding ortho intramolecular Hbond substituents is 1. The molecule has 1 aromatic carbocycles. The molecule has 1 amide bonds. The fourth-order valence-electron chi connectivity index (χ4n) is 1.95. The number of aromatic hydroxyl groups is 1. The van der Waals surface area contributed by atoms with Gasteiger partial charge >= 0.3 is 5.97 Å². The van der Waals surface area contributed by atoms with Gasteiger partial charge in [0.1, 0.15) is 10.1 Å². The first kappa shape index (κ1) is 16.1. The highest BCUT2D eigenvalue weighted by Gasteiger charge is 2.37. The zero-order chi connectivity index (χ0) is 15.6. The van der Waals surface area contributed by atoms with Crippen molar-refractivity contribution in [2.45, 2.75) is 18.1 Å². The molecule has 2 rings (SSSR count). The summed E-state index contributed by atoms with van der Waals surface area (Å²) in [5.74, 6) is -1.14. The molecular formula is C13H12ClNO4S2. The predicted molar refractivity (Wildman–Crippen MR) is 84.8 cm³/mol. The van der Waals surface area contributed by atoms with E-state index in [1.807, 2.05) is 0 Å². The number of carboxylic acid groups (broad SMARTS) is 1. The lowest BCUT2D eigenvalue weighted by molar-refractivity contribution is -0.137. The van der Waals surface area contributed by atoms with Crippen molar-refractivity contribution in [2.75, 3.05) is 6.54 Å². The Hall–Kier alpha value is -1.31. The Balaban J connectivity index is 2.08. The summed E-state index contributed by atoms with van der Waals surface area (Å²) in [6.45, 7) is 0.0675. The van der Waals surface area contributed by atoms with Crippen LogP contribution >= 0.6 is 35.6 Å². The summed E-state index contributed by atoms with van der Waals surface area (Å²) in [4.78, 5) is 24.1. The summed E-state index contributed by atoms with van der Waals surface area (Å²) in [6, 6.07) is 4.64. The van der Waals surface area contributed by atoms with Gasteiger partial charge in [0.25, 0.3) is 0 Å². The summed E-state index contributed by atoms with van der Waals surface area (Å²) in [6.07, 6.45) is 0.140. The van der Waals surface area contributed by atoms with Gasteiger partial charge in [-0.1, -0.05) is 35.6 Å². The number of nitrogens with zero attached hydrogens (tertiary/aromatic N) is 1. The highest BCUT2D eigenvalue weighted by atomic mass is 35.5. The number of halogens is 1. The molecule has 1 atom stereocenters. The zero-order valence-corrected chi connectivity index (χ0v) is 13.2. The first-order valence-electron chi connectivity index (χ1n) is 6.09. The fraction of sp³-hybridized carbons (Fsp3) is 0.308. The van der Waals surface area contributed by atoms with Gasteiger partial charge in [-0.05, 0) is 30.2 Å². The molecule has 5 nitrogen and oxygen atoms in total. The molecule has 1 aromatic rings. The second-order valence-electron chi connectivity index (χ2n) is 4.48. The number of hydrogen-bond acceptors (Lipinski definition) is 5. The molecule has 0 bridgehead atoms. The number of thioether (sulfide) groups is 1. The second-order valence-corrected chi connectivity index (χ2v) is 6.76. The molecule has 1 aliphatic heterocycles. The maximum absolute atomic E-state index is 12.2. The van der Waals surface area contributed by atoms with Crippen molar-refractivity contribution in [3.63, 3.8) is 0 Å². The number of phenols is 1. The molecule has 8 heteroatoms. The first-order chi connectivity index (χ1) is 9.88. The van der Waals surface area contributed by atoms with E-state index >= 15 is 0 Å². The Morgan fingerprint density at radius 2 is 2.19 bits per heavy atom. The van der Waals surface area contributed by atoms with Crippen LogP contribution in [0.25, 0.3) is 0 Å². The van der Waals surface area contributed by atoms with E-state index in [-0.39, 0.29) is 24.6 Å². The van der Waals surface area contributed by atoms with Crippen LogP contribution in [0.15, 0.2) is 18.2 Å². The Morgan fingerprint density at radius 1 is 1.48 bits per heavy atom. The maximum atomic E-state index is 12.2. The van der Waals surface area contributed by atoms with Crippen LogP contribution in [0.4, 0.5) is 0 Å². The lowest BCUT2D eigenvalue weighted by Crippen LogP contribution is -2.33. The van der Waals surface area contributed by atoms with Crippen molar-refractivity contribution >= 4 is 51.8 Å². The maximum Gasteiger partial charge on any atom is 0.305 e. The largest absolute Gasteiger partial charge is 0.508 e. The summed E-state index contributed by atoms with van der Waals surface area (Å²) in [7, 11) is 0. The van der Waals surface area contributed by atoms with Gasteiger partial charge in [0, 0.05) is 11.6 Å². The number of carbonyl (C=O) groups excluding carboxylic acids is 1. The third-order valence-corrected chi connectivity index (χ3v) is 4.82. The van der Waals surface area contributed by atoms with Crippen LogP contribution in [0, 0.1) is 0 Å². The van der Waals surface area contributed by atoms with Crippen molar-refractivity contribution in [3.8, 4) is 5.75 Å². The van der Waals surface area contributed by atoms with Crippen molar-refractivity contribution in [1.29, 1.82) is 0 Å². The molecule has 1 saturated heterocycles. The van der Waals surface area contributed by atoms with Crippen LogP contribution in [0.3, 0.4) is 0 Å². The summed E-state index contributed by atoms with van der Waals surface area (Å²) < 4.78 is 0.368. The van der Waals surface area contributed by atoms with E-state index in [9.17, 15) is 14.7 Å². The molecule has 1 heterocycles. The molecule has 112 valence electrons. The number of aliphatic carboxylic acids is 1. The van der Waals surface area contributed by atoms with E-state index < -0.39 is 11.2 Å². The van der Waals surface area contributed by atoms with Crippen LogP contribution < -0.4 is 0 Å². The van der Waals surface area contributed by atoms with E-state index in [1.54, 1.807) is 12.1 Å². The molecule has 0 aromatic heterocycles. The smallest absolute Gasteiger partial charge is 0.305 e. The van der Waals surface area contributed by atoms with E-state index in [4.69, 9.17) is 28.9 Å². The molecule has 1 unspecified atom stereocenters. The number of hydrogen-bond donors (Lipinski definition) is 2. The van der Waals surface area contributed by atoms with Crippen molar-refractivity contribution in [1.82, 2.24) is 4.90 Å². The topological polar surface area (TPSA) is 77.8 Å². The number of amides is 1. The normalized spacial score (nSPS) is 18.3. The van der Waals surface area contributed by atoms with Crippen molar-refractivity contribution in [2.24, 2.45) is 0 Å². The highest BCUT2D eigenvalue weighted by Crippen LogP contribution is 2.32. The van der Waals surface area contributed by atoms with E-state index in [0.717, 1.165) is 0 Å². The van der Waals surface area contributed by atoms with Gasteiger partial charge in [-0.25, -0.2) is 0 Å². The summed E-state index contributed by atoms with van der Waals surface area (Å²) in [5, 5.41) is 18.5. The van der Waals surface area contributed by atoms with Crippen LogP contribution in [0.5, 0.6) is 5.75 Å². The molecule has 21 heavy (non-hydrogen) atoms. The lowest BCUT2D eigenvalue weighted by atomic mass is 10.1. The number of carboxylic acids is 1. The average Bonchev–Trinajstić information content (AvgIpc) is 2.66. The molecule has 0 saturated carbocycles. The van der Waals surface area contributed by atoms with Gasteiger partial charge in [-0.15, -0.1) is 0 Å². The minimum atomic E-state index is -0.980. The first-order valence-corrected chi connectivity index (χ1v) is 7.76. The predicted octanol–water partition coefficient (Wildman–Crippen LogP) is 2.29. The Labute approximate surface area is 135 Å². The lowest BCUT2D eigenvalue weighted by Gasteiger charge is -2.14. The standard InChI is InChI=1S/C13H12ClNO4S2/c14-8-1-2-9(16)7(5-8)6-10-12(19)15(13(20)21-10)4-3-11(17)18/h1-2,5,10,16H,3-4,6H2,(H,17,18).